The first-order valence-corrected chi connectivity index (χ1v) is 25.6. The molecule has 9 aromatic carbocycles. The Bertz CT molecular complexity index is 4700. The lowest BCUT2D eigenvalue weighted by molar-refractivity contribution is -0.137. The smallest absolute Gasteiger partial charge is 0.308 e. The minimum absolute atomic E-state index is 0.0421. The van der Waals surface area contributed by atoms with E-state index in [0.29, 0.717) is 66.1 Å². The van der Waals surface area contributed by atoms with E-state index in [1.807, 2.05) is 0 Å². The van der Waals surface area contributed by atoms with Crippen molar-refractivity contribution in [3.63, 3.8) is 0 Å². The molecule has 390 valence electrons. The van der Waals surface area contributed by atoms with Crippen LogP contribution in [0.4, 0.5) is 13.2 Å². The van der Waals surface area contributed by atoms with Gasteiger partial charge in [-0.1, -0.05) is 72.8 Å². The maximum atomic E-state index is 17.5. The van der Waals surface area contributed by atoms with Gasteiger partial charge in [-0.25, -0.2) is 15.0 Å². The number of halogens is 3. The summed E-state index contributed by atoms with van der Waals surface area (Å²) in [7, 11) is 0. The highest BCUT2D eigenvalue weighted by molar-refractivity contribution is 6.13. The van der Waals surface area contributed by atoms with Crippen molar-refractivity contribution in [3.05, 3.63) is 219 Å². The Hall–Kier alpha value is -12.7. The molecule has 3 heterocycles. The molecule has 0 N–H and O–H groups in total. The van der Waals surface area contributed by atoms with Crippen molar-refractivity contribution in [2.24, 2.45) is 0 Å². The number of nitrogens with zero attached hydrogens (tertiary/aromatic N) is 13. The largest absolute Gasteiger partial charge is 0.420 e. The van der Waals surface area contributed by atoms with Gasteiger partial charge in [0, 0.05) is 27.1 Å². The third kappa shape index (κ3) is 8.65. The Morgan fingerprint density at radius 2 is 0.619 bits per heavy atom. The summed E-state index contributed by atoms with van der Waals surface area (Å²) in [4.78, 5) is 13.8. The van der Waals surface area contributed by atoms with E-state index < -0.39 is 11.7 Å². The molecule has 84 heavy (non-hydrogen) atoms. The van der Waals surface area contributed by atoms with Crippen molar-refractivity contribution in [2.75, 3.05) is 0 Å². The molecule has 3 aromatic heterocycles. The summed E-state index contributed by atoms with van der Waals surface area (Å²) in [6.07, 6.45) is -5.20. The van der Waals surface area contributed by atoms with Gasteiger partial charge in [0.1, 0.15) is 17.2 Å². The number of aryl methyl sites for hydroxylation is 2. The van der Waals surface area contributed by atoms with Gasteiger partial charge >= 0.3 is 6.18 Å². The molecule has 0 aliphatic rings. The van der Waals surface area contributed by atoms with Gasteiger partial charge in [-0.2, -0.15) is 55.3 Å². The van der Waals surface area contributed by atoms with Gasteiger partial charge in [0.25, 0.3) is 0 Å². The molecular formula is C68H32F3N13. The van der Waals surface area contributed by atoms with E-state index >= 15 is 13.2 Å². The molecule has 0 atom stereocenters. The van der Waals surface area contributed by atoms with E-state index in [-0.39, 0.29) is 101 Å². The first-order valence-electron chi connectivity index (χ1n) is 25.6. The highest BCUT2D eigenvalue weighted by Crippen LogP contribution is 2.48. The topological polar surface area (TPSA) is 239 Å². The zero-order valence-corrected chi connectivity index (χ0v) is 44.0. The van der Waals surface area contributed by atoms with Crippen LogP contribution in [0.25, 0.3) is 111 Å². The molecule has 0 saturated carbocycles. The van der Waals surface area contributed by atoms with Crippen molar-refractivity contribution >= 4 is 43.6 Å². The molecule has 0 fully saturated rings. The molecule has 0 unspecified atom stereocenters. The van der Waals surface area contributed by atoms with Crippen LogP contribution in [0.15, 0.2) is 158 Å². The quantitative estimate of drug-likeness (QED) is 0.145. The minimum Gasteiger partial charge on any atom is -0.308 e. The highest BCUT2D eigenvalue weighted by atomic mass is 19.4. The normalized spacial score (nSPS) is 11.1. The second-order valence-corrected chi connectivity index (χ2v) is 19.7. The summed E-state index contributed by atoms with van der Waals surface area (Å²) in [5.74, 6) is 0.617. The van der Waals surface area contributed by atoms with Gasteiger partial charge in [-0.3, -0.25) is 0 Å². The number of rotatable bonds is 7. The average molecular weight is 1090 g/mol. The molecule has 0 radical (unpaired) electrons. The molecule has 0 aliphatic heterocycles. The second-order valence-electron chi connectivity index (χ2n) is 19.7. The Morgan fingerprint density at radius 3 is 0.869 bits per heavy atom. The van der Waals surface area contributed by atoms with Crippen molar-refractivity contribution in [1.82, 2.24) is 24.1 Å². The van der Waals surface area contributed by atoms with E-state index in [1.165, 1.54) is 45.5 Å². The molecule has 13 nitrogen and oxygen atoms in total. The molecule has 0 saturated heterocycles. The van der Waals surface area contributed by atoms with Crippen molar-refractivity contribution in [3.8, 4) is 116 Å². The molecule has 0 spiro atoms. The molecule has 12 rings (SSSR count). The Kier molecular flexibility index (Phi) is 12.5. The van der Waals surface area contributed by atoms with Crippen LogP contribution in [0, 0.1) is 104 Å². The fourth-order valence-corrected chi connectivity index (χ4v) is 11.2. The number of alkyl halides is 3. The average Bonchev–Trinajstić information content (AvgIpc) is 1.67. The number of fused-ring (bicyclic) bond motifs is 6. The van der Waals surface area contributed by atoms with E-state index in [0.717, 1.165) is 0 Å². The van der Waals surface area contributed by atoms with Crippen LogP contribution < -0.4 is 0 Å². The number of benzene rings is 9. The summed E-state index contributed by atoms with van der Waals surface area (Å²) in [6, 6.07) is 58.9. The number of hydrogen-bond donors (Lipinski definition) is 0. The first kappa shape index (κ1) is 52.0. The molecule has 0 amide bonds. The van der Waals surface area contributed by atoms with Crippen molar-refractivity contribution in [2.45, 2.75) is 20.0 Å². The molecule has 16 heteroatoms. The number of aromatic nitrogens is 5. The van der Waals surface area contributed by atoms with Gasteiger partial charge in [-0.15, -0.1) is 0 Å². The van der Waals surface area contributed by atoms with E-state index in [4.69, 9.17) is 9.97 Å². The van der Waals surface area contributed by atoms with Crippen LogP contribution >= 0.6 is 0 Å². The van der Waals surface area contributed by atoms with Crippen LogP contribution in [0.2, 0.25) is 0 Å². The Morgan fingerprint density at radius 1 is 0.333 bits per heavy atom. The van der Waals surface area contributed by atoms with Gasteiger partial charge in [0.15, 0.2) is 5.82 Å². The standard InChI is InChI=1S/C68H32F3N13/c1-37-80-38(2)82-67(81-37)47-27-64(83-60-23-43(52-11-3-39(29-72)19-48(52)33-76)7-15-56(60)57-16-8-44(24-61(57)83)53-12-4-40(30-73)20-49(53)34-77)66(68(69,70)71)65(28-47)84-62-25-45(54-13-5-41(31-74)21-50(54)35-78)9-17-58(62)59-18-10-46(26-63(59)84)55-14-6-42(32-75)22-51(55)36-79/h3-28H,1-2H3. The van der Waals surface area contributed by atoms with Gasteiger partial charge in [0.2, 0.25) is 0 Å². The first-order chi connectivity index (χ1) is 40.7. The van der Waals surface area contributed by atoms with Crippen molar-refractivity contribution in [1.29, 1.82) is 42.1 Å². The lowest BCUT2D eigenvalue weighted by Crippen LogP contribution is -2.16. The predicted molar refractivity (Wildman–Crippen MR) is 308 cm³/mol. The van der Waals surface area contributed by atoms with Crippen LogP contribution in [0.5, 0.6) is 0 Å². The van der Waals surface area contributed by atoms with E-state index in [9.17, 15) is 42.1 Å². The summed E-state index contributed by atoms with van der Waals surface area (Å²) >= 11 is 0. The van der Waals surface area contributed by atoms with E-state index in [2.05, 4.69) is 53.5 Å². The third-order valence-electron chi connectivity index (χ3n) is 14.8. The molecule has 0 aliphatic carbocycles. The predicted octanol–water partition coefficient (Wildman–Crippen LogP) is 15.0. The van der Waals surface area contributed by atoms with Crippen molar-refractivity contribution < 1.29 is 13.2 Å². The van der Waals surface area contributed by atoms with E-state index in [1.54, 1.807) is 135 Å². The monoisotopic (exact) mass is 1090 g/mol. The zero-order valence-electron chi connectivity index (χ0n) is 44.0. The number of hydrogen-bond acceptors (Lipinski definition) is 11. The SMILES string of the molecule is Cc1nc(C)nc(-c2cc(-n3c4cc(-c5ccc(C#N)cc5C#N)ccc4c4ccc(-c5ccc(C#N)cc5C#N)cc43)c(C(F)(F)F)c(-n3c4cc(-c5ccc(C#N)cc5C#N)ccc4c4ccc(-c5ccc(C#N)cc5C#N)cc43)c2)n1. The second kappa shape index (κ2) is 20.2. The highest BCUT2D eigenvalue weighted by Gasteiger charge is 2.40. The minimum atomic E-state index is -5.20. The van der Waals surface area contributed by atoms with Crippen LogP contribution in [0.3, 0.4) is 0 Å². The summed E-state index contributed by atoms with van der Waals surface area (Å²) in [5.41, 5.74) is 4.28. The molecule has 12 aromatic rings. The lowest BCUT2D eigenvalue weighted by Gasteiger charge is -2.23. The Balaban J connectivity index is 1.28. The molecule has 0 bridgehead atoms. The summed E-state index contributed by atoms with van der Waals surface area (Å²) < 4.78 is 55.5. The lowest BCUT2D eigenvalue weighted by atomic mass is 9.96. The van der Waals surface area contributed by atoms with Gasteiger partial charge < -0.3 is 9.13 Å². The number of nitriles is 8. The Labute approximate surface area is 476 Å². The maximum Gasteiger partial charge on any atom is 0.420 e. The zero-order chi connectivity index (χ0) is 58.7. The fourth-order valence-electron chi connectivity index (χ4n) is 11.2. The molecular weight excluding hydrogens is 1060 g/mol. The van der Waals surface area contributed by atoms with Crippen LogP contribution in [-0.2, 0) is 6.18 Å². The van der Waals surface area contributed by atoms with Crippen LogP contribution in [0.1, 0.15) is 61.7 Å². The fraction of sp³-hybridized carbons (Fsp3) is 0.0441. The summed E-state index contributed by atoms with van der Waals surface area (Å²) in [6.45, 7) is 3.29. The maximum absolute atomic E-state index is 17.5. The summed E-state index contributed by atoms with van der Waals surface area (Å²) in [5, 5.41) is 82.7. The van der Waals surface area contributed by atoms with Gasteiger partial charge in [-0.05, 0) is 143 Å². The third-order valence-corrected chi connectivity index (χ3v) is 14.8. The van der Waals surface area contributed by atoms with Crippen LogP contribution in [-0.4, -0.2) is 24.1 Å². The van der Waals surface area contributed by atoms with Gasteiger partial charge in [0.05, 0.1) is 127 Å².